The largest absolute Gasteiger partial charge is 0.362 e. The Morgan fingerprint density at radius 1 is 1.11 bits per heavy atom. The van der Waals surface area contributed by atoms with Gasteiger partial charge in [-0.15, -0.1) is 0 Å². The lowest BCUT2D eigenvalue weighted by atomic mass is 9.96. The van der Waals surface area contributed by atoms with Crippen molar-refractivity contribution in [3.63, 3.8) is 0 Å². The van der Waals surface area contributed by atoms with E-state index in [0.29, 0.717) is 6.04 Å². The molecule has 2 N–H and O–H groups in total. The van der Waals surface area contributed by atoms with Crippen LogP contribution in [0, 0.1) is 0 Å². The molecule has 1 fully saturated rings. The van der Waals surface area contributed by atoms with Crippen molar-refractivity contribution in [2.24, 2.45) is 0 Å². The van der Waals surface area contributed by atoms with Gasteiger partial charge in [-0.2, -0.15) is 0 Å². The molecular formula is C15H22N2S. The van der Waals surface area contributed by atoms with Gasteiger partial charge in [-0.05, 0) is 37.0 Å². The zero-order chi connectivity index (χ0) is 12.6. The summed E-state index contributed by atoms with van der Waals surface area (Å²) < 4.78 is 0. The molecule has 1 aromatic rings. The van der Waals surface area contributed by atoms with Crippen LogP contribution in [0.15, 0.2) is 30.3 Å². The molecule has 0 heterocycles. The maximum atomic E-state index is 5.33. The molecular weight excluding hydrogens is 240 g/mol. The van der Waals surface area contributed by atoms with Crippen molar-refractivity contribution in [2.45, 2.75) is 44.6 Å². The second-order valence-corrected chi connectivity index (χ2v) is 5.38. The van der Waals surface area contributed by atoms with Crippen LogP contribution in [0.4, 0.5) is 0 Å². The number of nitrogens with one attached hydrogen (secondary N) is 2. The molecule has 0 unspecified atom stereocenters. The summed E-state index contributed by atoms with van der Waals surface area (Å²) >= 11 is 5.33. The fourth-order valence-electron chi connectivity index (χ4n) is 2.45. The normalized spacial score (nSPS) is 16.2. The highest BCUT2D eigenvalue weighted by Crippen LogP contribution is 2.17. The van der Waals surface area contributed by atoms with Gasteiger partial charge >= 0.3 is 0 Å². The van der Waals surface area contributed by atoms with Gasteiger partial charge in [-0.1, -0.05) is 49.6 Å². The van der Waals surface area contributed by atoms with Gasteiger partial charge < -0.3 is 10.6 Å². The van der Waals surface area contributed by atoms with Gasteiger partial charge in [-0.3, -0.25) is 0 Å². The van der Waals surface area contributed by atoms with E-state index in [1.165, 1.54) is 37.7 Å². The number of benzene rings is 1. The van der Waals surface area contributed by atoms with Crippen molar-refractivity contribution in [1.82, 2.24) is 10.6 Å². The van der Waals surface area contributed by atoms with Crippen molar-refractivity contribution >= 4 is 17.3 Å². The summed E-state index contributed by atoms with van der Waals surface area (Å²) in [6, 6.07) is 11.1. The lowest BCUT2D eigenvalue weighted by Crippen LogP contribution is -2.43. The van der Waals surface area contributed by atoms with Crippen LogP contribution in [-0.4, -0.2) is 17.7 Å². The van der Waals surface area contributed by atoms with Gasteiger partial charge in [0.25, 0.3) is 0 Å². The topological polar surface area (TPSA) is 24.1 Å². The van der Waals surface area contributed by atoms with E-state index in [1.54, 1.807) is 0 Å². The molecule has 0 amide bonds. The van der Waals surface area contributed by atoms with Crippen LogP contribution >= 0.6 is 12.2 Å². The minimum absolute atomic E-state index is 0.593. The lowest BCUT2D eigenvalue weighted by Gasteiger charge is -2.24. The van der Waals surface area contributed by atoms with Crippen LogP contribution < -0.4 is 10.6 Å². The quantitative estimate of drug-likeness (QED) is 0.816. The summed E-state index contributed by atoms with van der Waals surface area (Å²) in [7, 11) is 0. The second-order valence-electron chi connectivity index (χ2n) is 4.97. The SMILES string of the molecule is S=C(NCCc1ccccc1)NC1CCCCC1. The predicted molar refractivity (Wildman–Crippen MR) is 80.8 cm³/mol. The van der Waals surface area contributed by atoms with Crippen LogP contribution in [-0.2, 0) is 6.42 Å². The lowest BCUT2D eigenvalue weighted by molar-refractivity contribution is 0.412. The molecule has 0 saturated heterocycles. The van der Waals surface area contributed by atoms with Crippen molar-refractivity contribution < 1.29 is 0 Å². The van der Waals surface area contributed by atoms with E-state index < -0.39 is 0 Å². The third-order valence-corrected chi connectivity index (χ3v) is 3.74. The highest BCUT2D eigenvalue weighted by molar-refractivity contribution is 7.80. The first kappa shape index (κ1) is 13.3. The van der Waals surface area contributed by atoms with Gasteiger partial charge in [0, 0.05) is 12.6 Å². The highest BCUT2D eigenvalue weighted by atomic mass is 32.1. The van der Waals surface area contributed by atoms with Gasteiger partial charge in [0.2, 0.25) is 0 Å². The van der Waals surface area contributed by atoms with Crippen LogP contribution in [0.2, 0.25) is 0 Å². The Hall–Kier alpha value is -1.09. The molecule has 1 aliphatic rings. The average molecular weight is 262 g/mol. The van der Waals surface area contributed by atoms with E-state index in [-0.39, 0.29) is 0 Å². The molecule has 0 atom stereocenters. The molecule has 18 heavy (non-hydrogen) atoms. The minimum atomic E-state index is 0.593. The van der Waals surface area contributed by atoms with E-state index in [4.69, 9.17) is 12.2 Å². The summed E-state index contributed by atoms with van der Waals surface area (Å²) in [4.78, 5) is 0. The molecule has 98 valence electrons. The molecule has 2 nitrogen and oxygen atoms in total. The zero-order valence-corrected chi connectivity index (χ0v) is 11.6. The second kappa shape index (κ2) is 7.37. The standard InChI is InChI=1S/C15H22N2S/c18-15(17-14-9-5-2-6-10-14)16-12-11-13-7-3-1-4-8-13/h1,3-4,7-8,14H,2,5-6,9-12H2,(H2,16,17,18). The van der Waals surface area contributed by atoms with Gasteiger partial charge in [-0.25, -0.2) is 0 Å². The molecule has 3 heteroatoms. The van der Waals surface area contributed by atoms with Gasteiger partial charge in [0.05, 0.1) is 0 Å². The Bertz CT molecular complexity index is 358. The van der Waals surface area contributed by atoms with E-state index in [2.05, 4.69) is 34.9 Å². The smallest absolute Gasteiger partial charge is 0.166 e. The molecule has 0 aromatic heterocycles. The molecule has 0 spiro atoms. The highest BCUT2D eigenvalue weighted by Gasteiger charge is 2.13. The molecule has 0 bridgehead atoms. The predicted octanol–water partition coefficient (Wildman–Crippen LogP) is 3.03. The van der Waals surface area contributed by atoms with Crippen molar-refractivity contribution in [2.75, 3.05) is 6.54 Å². The third-order valence-electron chi connectivity index (χ3n) is 3.48. The molecule has 0 aliphatic heterocycles. The first-order valence-corrected chi connectivity index (χ1v) is 7.34. The fourth-order valence-corrected chi connectivity index (χ4v) is 2.72. The molecule has 1 aromatic carbocycles. The summed E-state index contributed by atoms with van der Waals surface area (Å²) in [6.45, 7) is 0.905. The molecule has 1 saturated carbocycles. The minimum Gasteiger partial charge on any atom is -0.362 e. The van der Waals surface area contributed by atoms with Crippen molar-refractivity contribution in [1.29, 1.82) is 0 Å². The zero-order valence-electron chi connectivity index (χ0n) is 10.8. The Labute approximate surface area is 115 Å². The summed E-state index contributed by atoms with van der Waals surface area (Å²) in [5.74, 6) is 0. The summed E-state index contributed by atoms with van der Waals surface area (Å²) in [5, 5.41) is 7.54. The van der Waals surface area contributed by atoms with E-state index in [1.807, 2.05) is 6.07 Å². The number of thiocarbonyl (C=S) groups is 1. The first-order chi connectivity index (χ1) is 8.84. The first-order valence-electron chi connectivity index (χ1n) is 6.93. The van der Waals surface area contributed by atoms with Crippen LogP contribution in [0.25, 0.3) is 0 Å². The molecule has 1 aliphatic carbocycles. The van der Waals surface area contributed by atoms with Gasteiger partial charge in [0.15, 0.2) is 5.11 Å². The number of rotatable bonds is 4. The average Bonchev–Trinajstić information content (AvgIpc) is 2.41. The Morgan fingerprint density at radius 3 is 2.56 bits per heavy atom. The molecule has 2 rings (SSSR count). The third kappa shape index (κ3) is 4.65. The van der Waals surface area contributed by atoms with E-state index in [0.717, 1.165) is 18.1 Å². The van der Waals surface area contributed by atoms with E-state index >= 15 is 0 Å². The fraction of sp³-hybridized carbons (Fsp3) is 0.533. The Morgan fingerprint density at radius 2 is 1.83 bits per heavy atom. The van der Waals surface area contributed by atoms with Crippen LogP contribution in [0.5, 0.6) is 0 Å². The van der Waals surface area contributed by atoms with Crippen LogP contribution in [0.1, 0.15) is 37.7 Å². The van der Waals surface area contributed by atoms with Crippen molar-refractivity contribution in [3.05, 3.63) is 35.9 Å². The van der Waals surface area contributed by atoms with Crippen molar-refractivity contribution in [3.8, 4) is 0 Å². The summed E-state index contributed by atoms with van der Waals surface area (Å²) in [6.07, 6.45) is 7.61. The van der Waals surface area contributed by atoms with Crippen LogP contribution in [0.3, 0.4) is 0 Å². The number of hydrogen-bond acceptors (Lipinski definition) is 1. The maximum Gasteiger partial charge on any atom is 0.166 e. The van der Waals surface area contributed by atoms with Gasteiger partial charge in [0.1, 0.15) is 0 Å². The summed E-state index contributed by atoms with van der Waals surface area (Å²) in [5.41, 5.74) is 1.35. The molecule has 0 radical (unpaired) electrons. The monoisotopic (exact) mass is 262 g/mol. The number of hydrogen-bond donors (Lipinski definition) is 2. The van der Waals surface area contributed by atoms with E-state index in [9.17, 15) is 0 Å². The Balaban J connectivity index is 1.62. The maximum absolute atomic E-state index is 5.33. The Kier molecular flexibility index (Phi) is 5.46.